The van der Waals surface area contributed by atoms with Gasteiger partial charge in [0.05, 0.1) is 7.11 Å². The van der Waals surface area contributed by atoms with Gasteiger partial charge in [-0.25, -0.2) is 4.79 Å². The zero-order valence-electron chi connectivity index (χ0n) is 12.3. The number of benzene rings is 1. The molecule has 1 N–H and O–H groups in total. The van der Waals surface area contributed by atoms with Gasteiger partial charge in [0.1, 0.15) is 0 Å². The van der Waals surface area contributed by atoms with E-state index in [1.165, 1.54) is 19.3 Å². The highest BCUT2D eigenvalue weighted by Gasteiger charge is 2.12. The number of amides is 1. The largest absolute Gasteiger partial charge is 0.466 e. The summed E-state index contributed by atoms with van der Waals surface area (Å²) < 4.78 is 9.61. The highest BCUT2D eigenvalue weighted by molar-refractivity contribution is 5.93. The van der Waals surface area contributed by atoms with Crippen LogP contribution in [0.2, 0.25) is 0 Å². The maximum Gasteiger partial charge on any atom is 0.330 e. The molecule has 1 aromatic heterocycles. The summed E-state index contributed by atoms with van der Waals surface area (Å²) in [5.41, 5.74) is 2.17. The van der Waals surface area contributed by atoms with Crippen LogP contribution in [0.1, 0.15) is 16.1 Å². The lowest BCUT2D eigenvalue weighted by Crippen LogP contribution is -2.23. The number of hydrogen-bond donors (Lipinski definition) is 1. The summed E-state index contributed by atoms with van der Waals surface area (Å²) in [6.07, 6.45) is 2.73. The van der Waals surface area contributed by atoms with Gasteiger partial charge in [0.25, 0.3) is 5.91 Å². The first kappa shape index (κ1) is 15.5. The standard InChI is InChI=1S/C16H16N2O4/c1-11-5-7-12(8-6-11)14-10-13(18-22-14)16(20)17-9-3-4-15(19)21-2/h3-8,10H,9H2,1-2H3,(H,17,20). The van der Waals surface area contributed by atoms with E-state index in [9.17, 15) is 9.59 Å². The van der Waals surface area contributed by atoms with Crippen molar-refractivity contribution in [2.24, 2.45) is 0 Å². The Hall–Kier alpha value is -2.89. The molecule has 22 heavy (non-hydrogen) atoms. The van der Waals surface area contributed by atoms with Gasteiger partial charge in [0.15, 0.2) is 11.5 Å². The maximum absolute atomic E-state index is 11.9. The Kier molecular flexibility index (Phi) is 5.08. The number of carbonyl (C=O) groups excluding carboxylic acids is 2. The van der Waals surface area contributed by atoms with Crippen LogP contribution in [-0.2, 0) is 9.53 Å². The second-order valence-corrected chi connectivity index (χ2v) is 4.58. The molecule has 6 nitrogen and oxygen atoms in total. The molecule has 114 valence electrons. The number of methoxy groups -OCH3 is 1. The van der Waals surface area contributed by atoms with Gasteiger partial charge in [0, 0.05) is 24.3 Å². The molecule has 0 aliphatic rings. The third-order valence-corrected chi connectivity index (χ3v) is 2.91. The van der Waals surface area contributed by atoms with E-state index in [1.54, 1.807) is 6.07 Å². The van der Waals surface area contributed by atoms with Gasteiger partial charge >= 0.3 is 5.97 Å². The third-order valence-electron chi connectivity index (χ3n) is 2.91. The minimum Gasteiger partial charge on any atom is -0.466 e. The molecule has 0 fully saturated rings. The van der Waals surface area contributed by atoms with Gasteiger partial charge in [-0.15, -0.1) is 0 Å². The summed E-state index contributed by atoms with van der Waals surface area (Å²) in [5.74, 6) is -0.329. The van der Waals surface area contributed by atoms with Crippen molar-refractivity contribution in [2.45, 2.75) is 6.92 Å². The molecule has 0 spiro atoms. The van der Waals surface area contributed by atoms with Crippen molar-refractivity contribution in [3.63, 3.8) is 0 Å². The number of nitrogens with one attached hydrogen (secondary N) is 1. The van der Waals surface area contributed by atoms with E-state index in [0.29, 0.717) is 5.76 Å². The zero-order chi connectivity index (χ0) is 15.9. The highest BCUT2D eigenvalue weighted by Crippen LogP contribution is 2.20. The predicted molar refractivity (Wildman–Crippen MR) is 80.2 cm³/mol. The molecule has 2 aromatic rings. The van der Waals surface area contributed by atoms with Crippen molar-refractivity contribution < 1.29 is 18.8 Å². The van der Waals surface area contributed by atoms with Gasteiger partial charge in [-0.2, -0.15) is 0 Å². The third kappa shape index (κ3) is 4.05. The molecular formula is C16H16N2O4. The summed E-state index contributed by atoms with van der Waals surface area (Å²) in [7, 11) is 1.28. The number of carbonyl (C=O) groups is 2. The summed E-state index contributed by atoms with van der Waals surface area (Å²) in [5, 5.41) is 6.34. The summed E-state index contributed by atoms with van der Waals surface area (Å²) >= 11 is 0. The summed E-state index contributed by atoms with van der Waals surface area (Å²) in [4.78, 5) is 22.7. The molecular weight excluding hydrogens is 284 g/mol. The average Bonchev–Trinajstić information content (AvgIpc) is 3.01. The van der Waals surface area contributed by atoms with Crippen molar-refractivity contribution >= 4 is 11.9 Å². The van der Waals surface area contributed by atoms with Crippen LogP contribution in [0.25, 0.3) is 11.3 Å². The number of ether oxygens (including phenoxy) is 1. The van der Waals surface area contributed by atoms with Gasteiger partial charge in [0.2, 0.25) is 0 Å². The normalized spacial score (nSPS) is 10.6. The lowest BCUT2D eigenvalue weighted by molar-refractivity contribution is -0.134. The Bertz CT molecular complexity index is 686. The van der Waals surface area contributed by atoms with E-state index in [2.05, 4.69) is 15.2 Å². The van der Waals surface area contributed by atoms with Crippen LogP contribution < -0.4 is 5.32 Å². The van der Waals surface area contributed by atoms with Gasteiger partial charge < -0.3 is 14.6 Å². The number of nitrogens with zero attached hydrogens (tertiary/aromatic N) is 1. The fourth-order valence-corrected chi connectivity index (χ4v) is 1.70. The molecule has 0 radical (unpaired) electrons. The van der Waals surface area contributed by atoms with Crippen molar-refractivity contribution in [1.82, 2.24) is 10.5 Å². The van der Waals surface area contributed by atoms with Crippen LogP contribution in [0, 0.1) is 6.92 Å². The van der Waals surface area contributed by atoms with Crippen LogP contribution in [0.15, 0.2) is 47.0 Å². The van der Waals surface area contributed by atoms with E-state index in [-0.39, 0.29) is 18.1 Å². The molecule has 0 saturated carbocycles. The molecule has 6 heteroatoms. The summed E-state index contributed by atoms with van der Waals surface area (Å²) in [6, 6.07) is 9.28. The van der Waals surface area contributed by atoms with E-state index in [1.807, 2.05) is 31.2 Å². The second-order valence-electron chi connectivity index (χ2n) is 4.58. The smallest absolute Gasteiger partial charge is 0.330 e. The van der Waals surface area contributed by atoms with E-state index >= 15 is 0 Å². The van der Waals surface area contributed by atoms with Crippen LogP contribution in [0.3, 0.4) is 0 Å². The van der Waals surface area contributed by atoms with Crippen molar-refractivity contribution in [2.75, 3.05) is 13.7 Å². The van der Waals surface area contributed by atoms with E-state index < -0.39 is 5.97 Å². The Morgan fingerprint density at radius 1 is 1.32 bits per heavy atom. The molecule has 1 aromatic carbocycles. The first-order valence-corrected chi connectivity index (χ1v) is 6.66. The molecule has 1 heterocycles. The number of hydrogen-bond acceptors (Lipinski definition) is 5. The van der Waals surface area contributed by atoms with Crippen molar-refractivity contribution in [3.05, 3.63) is 53.7 Å². The number of aryl methyl sites for hydroxylation is 1. The maximum atomic E-state index is 11.9. The molecule has 2 rings (SSSR count). The lowest BCUT2D eigenvalue weighted by Gasteiger charge is -1.97. The summed E-state index contributed by atoms with van der Waals surface area (Å²) in [6.45, 7) is 2.19. The fourth-order valence-electron chi connectivity index (χ4n) is 1.70. The van der Waals surface area contributed by atoms with Crippen LogP contribution >= 0.6 is 0 Å². The molecule has 0 saturated heterocycles. The highest BCUT2D eigenvalue weighted by atomic mass is 16.5. The number of rotatable bonds is 5. The zero-order valence-corrected chi connectivity index (χ0v) is 12.3. The molecule has 1 amide bonds. The van der Waals surface area contributed by atoms with Crippen LogP contribution in [0.5, 0.6) is 0 Å². The van der Waals surface area contributed by atoms with Crippen LogP contribution in [0.4, 0.5) is 0 Å². The fraction of sp³-hybridized carbons (Fsp3) is 0.188. The van der Waals surface area contributed by atoms with Gasteiger partial charge in [-0.05, 0) is 6.92 Å². The van der Waals surface area contributed by atoms with Gasteiger partial charge in [-0.1, -0.05) is 41.1 Å². The monoisotopic (exact) mass is 300 g/mol. The Morgan fingerprint density at radius 3 is 2.73 bits per heavy atom. The number of aromatic nitrogens is 1. The molecule has 0 bridgehead atoms. The minimum atomic E-state index is -0.475. The first-order valence-electron chi connectivity index (χ1n) is 6.66. The molecule has 0 aliphatic carbocycles. The van der Waals surface area contributed by atoms with E-state index in [0.717, 1.165) is 11.1 Å². The predicted octanol–water partition coefficient (Wildman–Crippen LogP) is 2.11. The SMILES string of the molecule is COC(=O)C=CCNC(=O)c1cc(-c2ccc(C)cc2)on1. The van der Waals surface area contributed by atoms with Crippen molar-refractivity contribution in [3.8, 4) is 11.3 Å². The Labute approximate surface area is 127 Å². The minimum absolute atomic E-state index is 0.182. The Morgan fingerprint density at radius 2 is 2.05 bits per heavy atom. The molecule has 0 aliphatic heterocycles. The van der Waals surface area contributed by atoms with Crippen molar-refractivity contribution in [1.29, 1.82) is 0 Å². The van der Waals surface area contributed by atoms with Gasteiger partial charge in [-0.3, -0.25) is 4.79 Å². The Balaban J connectivity index is 1.96. The number of esters is 1. The topological polar surface area (TPSA) is 81.4 Å². The molecule has 0 unspecified atom stereocenters. The lowest BCUT2D eigenvalue weighted by atomic mass is 10.1. The van der Waals surface area contributed by atoms with Crippen LogP contribution in [-0.4, -0.2) is 30.7 Å². The first-order chi connectivity index (χ1) is 10.6. The quantitative estimate of drug-likeness (QED) is 0.675. The van der Waals surface area contributed by atoms with E-state index in [4.69, 9.17) is 4.52 Å². The average molecular weight is 300 g/mol. The molecule has 0 atom stereocenters. The second kappa shape index (κ2) is 7.21.